The van der Waals surface area contributed by atoms with Crippen molar-refractivity contribution in [1.82, 2.24) is 5.32 Å². The van der Waals surface area contributed by atoms with Crippen LogP contribution in [0.4, 0.5) is 22.0 Å². The van der Waals surface area contributed by atoms with Crippen molar-refractivity contribution in [2.75, 3.05) is 14.2 Å². The van der Waals surface area contributed by atoms with E-state index >= 15 is 0 Å². The molecule has 0 bridgehead atoms. The first kappa shape index (κ1) is 21.3. The maximum absolute atomic E-state index is 13.9. The van der Waals surface area contributed by atoms with Crippen molar-refractivity contribution in [3.8, 4) is 0 Å². The van der Waals surface area contributed by atoms with Crippen LogP contribution in [0.25, 0.3) is 4.91 Å². The first-order valence-corrected chi connectivity index (χ1v) is 9.17. The van der Waals surface area contributed by atoms with Crippen LogP contribution in [0.3, 0.4) is 0 Å². The summed E-state index contributed by atoms with van der Waals surface area (Å²) < 4.78 is 66.4. The molecule has 1 heterocycles. The predicted octanol–water partition coefficient (Wildman–Crippen LogP) is 4.75. The number of halogens is 5. The first-order chi connectivity index (χ1) is 13.5. The zero-order valence-electron chi connectivity index (χ0n) is 15.3. The van der Waals surface area contributed by atoms with Crippen molar-refractivity contribution in [1.29, 1.82) is 0 Å². The van der Waals surface area contributed by atoms with Crippen LogP contribution in [0.5, 0.6) is 0 Å². The van der Waals surface area contributed by atoms with Crippen molar-refractivity contribution in [2.24, 2.45) is 0 Å². The number of rotatable bonds is 4. The summed E-state index contributed by atoms with van der Waals surface area (Å²) in [6.45, 7) is 0. The molecule has 29 heavy (non-hydrogen) atoms. The van der Waals surface area contributed by atoms with E-state index in [1.54, 1.807) is 7.05 Å². The SMILES string of the molecule is CO[N+]1(C)C=C(c2cccc(C(F)(F)F)c2)SC1NC(=O)c1c(F)cccc1F. The maximum Gasteiger partial charge on any atom is 0.416 e. The molecule has 0 radical (unpaired) electrons. The summed E-state index contributed by atoms with van der Waals surface area (Å²) in [5.41, 5.74) is -2.16. The van der Waals surface area contributed by atoms with Gasteiger partial charge in [0.2, 0.25) is 0 Å². The number of hydrogen-bond donors (Lipinski definition) is 1. The molecular weight excluding hydrogens is 415 g/mol. The largest absolute Gasteiger partial charge is 0.416 e. The van der Waals surface area contributed by atoms with Gasteiger partial charge in [0.15, 0.2) is 0 Å². The monoisotopic (exact) mass is 431 g/mol. The van der Waals surface area contributed by atoms with Gasteiger partial charge in [0, 0.05) is 0 Å². The van der Waals surface area contributed by atoms with E-state index in [4.69, 9.17) is 4.84 Å². The summed E-state index contributed by atoms with van der Waals surface area (Å²) in [6.07, 6.45) is -2.99. The zero-order chi connectivity index (χ0) is 21.4. The lowest BCUT2D eigenvalue weighted by Gasteiger charge is -2.28. The Balaban J connectivity index is 1.88. The van der Waals surface area contributed by atoms with Crippen molar-refractivity contribution in [2.45, 2.75) is 11.7 Å². The molecule has 0 fully saturated rings. The van der Waals surface area contributed by atoms with E-state index in [1.807, 2.05) is 0 Å². The van der Waals surface area contributed by atoms with Crippen LogP contribution in [-0.4, -0.2) is 30.2 Å². The second-order valence-electron chi connectivity index (χ2n) is 6.35. The standard InChI is InChI=1S/C19H15F5N2O2S/c1-26(28-2)10-15(11-5-3-6-12(9-11)19(22,23)24)29-18(26)25-17(27)16-13(20)7-4-8-14(16)21/h3-10,18H,1-2H3/p+1. The molecule has 1 N–H and O–H groups in total. The van der Waals surface area contributed by atoms with Crippen molar-refractivity contribution >= 4 is 22.6 Å². The molecule has 0 saturated carbocycles. The van der Waals surface area contributed by atoms with Gasteiger partial charge in [0.05, 0.1) is 17.6 Å². The third kappa shape index (κ3) is 4.29. The number of hydrogen-bond acceptors (Lipinski definition) is 3. The third-order valence-electron chi connectivity index (χ3n) is 4.39. The van der Waals surface area contributed by atoms with Crippen LogP contribution in [0.2, 0.25) is 0 Å². The smallest absolute Gasteiger partial charge is 0.290 e. The van der Waals surface area contributed by atoms with Gasteiger partial charge in [-0.1, -0.05) is 18.2 Å². The van der Waals surface area contributed by atoms with Gasteiger partial charge in [-0.2, -0.15) is 18.0 Å². The van der Waals surface area contributed by atoms with Crippen LogP contribution in [0.1, 0.15) is 21.5 Å². The number of quaternary nitrogens is 1. The molecule has 10 heteroatoms. The summed E-state index contributed by atoms with van der Waals surface area (Å²) in [7, 11) is 2.89. The minimum Gasteiger partial charge on any atom is -0.290 e. The van der Waals surface area contributed by atoms with Gasteiger partial charge in [0.25, 0.3) is 11.4 Å². The summed E-state index contributed by atoms with van der Waals surface area (Å²) >= 11 is 1.01. The second-order valence-corrected chi connectivity index (χ2v) is 7.48. The van der Waals surface area contributed by atoms with Gasteiger partial charge in [-0.15, -0.1) is 4.65 Å². The molecule has 1 aliphatic heterocycles. The average Bonchev–Trinajstić information content (AvgIpc) is 2.98. The number of carbonyl (C=O) groups excluding carboxylic acids is 1. The van der Waals surface area contributed by atoms with Gasteiger partial charge in [-0.25, -0.2) is 8.78 Å². The highest BCUT2D eigenvalue weighted by molar-refractivity contribution is 8.08. The minimum absolute atomic E-state index is 0.278. The molecule has 2 aromatic rings. The number of nitrogens with zero attached hydrogens (tertiary/aromatic N) is 1. The summed E-state index contributed by atoms with van der Waals surface area (Å²) in [5.74, 6) is -3.05. The Morgan fingerprint density at radius 2 is 1.76 bits per heavy atom. The Labute approximate surface area is 167 Å². The fourth-order valence-electron chi connectivity index (χ4n) is 2.75. The average molecular weight is 431 g/mol. The van der Waals surface area contributed by atoms with Crippen molar-refractivity contribution in [3.05, 3.63) is 77.0 Å². The van der Waals surface area contributed by atoms with E-state index in [0.29, 0.717) is 4.91 Å². The van der Waals surface area contributed by atoms with Gasteiger partial charge in [0.1, 0.15) is 30.4 Å². The normalized spacial score (nSPS) is 21.8. The topological polar surface area (TPSA) is 38.3 Å². The Hall–Kier alpha value is -2.43. The Morgan fingerprint density at radius 1 is 1.14 bits per heavy atom. The minimum atomic E-state index is -4.50. The lowest BCUT2D eigenvalue weighted by Crippen LogP contribution is -2.52. The highest BCUT2D eigenvalue weighted by Gasteiger charge is 2.43. The van der Waals surface area contributed by atoms with E-state index in [1.165, 1.54) is 25.4 Å². The van der Waals surface area contributed by atoms with E-state index in [-0.39, 0.29) is 10.2 Å². The molecule has 0 spiro atoms. The molecule has 0 aromatic heterocycles. The number of alkyl halides is 3. The highest BCUT2D eigenvalue weighted by atomic mass is 32.2. The van der Waals surface area contributed by atoms with Crippen LogP contribution in [0.15, 0.2) is 48.7 Å². The van der Waals surface area contributed by atoms with Gasteiger partial charge >= 0.3 is 6.18 Å². The molecule has 3 rings (SSSR count). The van der Waals surface area contributed by atoms with Crippen molar-refractivity contribution in [3.63, 3.8) is 0 Å². The maximum atomic E-state index is 13.9. The van der Waals surface area contributed by atoms with Gasteiger partial charge < -0.3 is 0 Å². The molecule has 154 valence electrons. The van der Waals surface area contributed by atoms with Crippen LogP contribution < -0.4 is 5.32 Å². The van der Waals surface area contributed by atoms with Crippen LogP contribution in [-0.2, 0) is 11.0 Å². The number of thioether (sulfide) groups is 1. The summed E-state index contributed by atoms with van der Waals surface area (Å²) in [6, 6.07) is 7.75. The fraction of sp³-hybridized carbons (Fsp3) is 0.211. The molecule has 1 aliphatic rings. The molecule has 2 aromatic carbocycles. The highest BCUT2D eigenvalue weighted by Crippen LogP contribution is 2.43. The zero-order valence-corrected chi connectivity index (χ0v) is 16.1. The quantitative estimate of drug-likeness (QED) is 0.561. The number of hydroxylamine groups is 3. The van der Waals surface area contributed by atoms with E-state index in [2.05, 4.69) is 5.32 Å². The van der Waals surface area contributed by atoms with Gasteiger partial charge in [-0.05, 0) is 41.6 Å². The summed E-state index contributed by atoms with van der Waals surface area (Å²) in [5, 5.41) is 2.48. The molecule has 2 atom stereocenters. The van der Waals surface area contributed by atoms with Crippen LogP contribution in [0, 0.1) is 11.6 Å². The Kier molecular flexibility index (Phi) is 5.70. The first-order valence-electron chi connectivity index (χ1n) is 8.29. The molecule has 1 amide bonds. The molecule has 2 unspecified atom stereocenters. The lowest BCUT2D eigenvalue weighted by molar-refractivity contribution is -1.05. The van der Waals surface area contributed by atoms with Crippen LogP contribution >= 0.6 is 11.8 Å². The third-order valence-corrected chi connectivity index (χ3v) is 5.74. The number of carbonyl (C=O) groups is 1. The molecular formula is C19H16F5N2O2S+. The molecule has 0 aliphatic carbocycles. The predicted molar refractivity (Wildman–Crippen MR) is 97.8 cm³/mol. The van der Waals surface area contributed by atoms with Gasteiger partial charge in [-0.3, -0.25) is 10.1 Å². The second kappa shape index (κ2) is 7.77. The Bertz CT molecular complexity index is 959. The van der Waals surface area contributed by atoms with E-state index in [9.17, 15) is 26.7 Å². The Morgan fingerprint density at radius 3 is 2.34 bits per heavy atom. The number of amides is 1. The van der Waals surface area contributed by atoms with E-state index in [0.717, 1.165) is 42.1 Å². The van der Waals surface area contributed by atoms with E-state index < -0.39 is 40.3 Å². The molecule has 4 nitrogen and oxygen atoms in total. The number of nitrogens with one attached hydrogen (secondary N) is 1. The fourth-order valence-corrected chi connectivity index (χ4v) is 4.05. The number of benzene rings is 2. The lowest BCUT2D eigenvalue weighted by atomic mass is 10.1. The summed E-state index contributed by atoms with van der Waals surface area (Å²) in [4.78, 5) is 18.2. The molecule has 0 saturated heterocycles. The van der Waals surface area contributed by atoms with Crippen molar-refractivity contribution < 1.29 is 36.2 Å².